The van der Waals surface area contributed by atoms with E-state index in [9.17, 15) is 4.79 Å². The summed E-state index contributed by atoms with van der Waals surface area (Å²) in [4.78, 5) is 20.5. The van der Waals surface area contributed by atoms with E-state index in [-0.39, 0.29) is 5.91 Å². The lowest BCUT2D eigenvalue weighted by molar-refractivity contribution is 0.0950. The van der Waals surface area contributed by atoms with Crippen LogP contribution in [0.5, 0.6) is 5.75 Å². The molecule has 1 aromatic heterocycles. The summed E-state index contributed by atoms with van der Waals surface area (Å²) < 4.78 is 5.11. The third-order valence-corrected chi connectivity index (χ3v) is 3.53. The van der Waals surface area contributed by atoms with Crippen LogP contribution in [0.1, 0.15) is 36.2 Å². The van der Waals surface area contributed by atoms with Gasteiger partial charge in [-0.05, 0) is 30.0 Å². The first kappa shape index (κ1) is 17.7. The molecule has 0 spiro atoms. The van der Waals surface area contributed by atoms with Gasteiger partial charge < -0.3 is 15.4 Å². The molecule has 0 aliphatic carbocycles. The van der Waals surface area contributed by atoms with Crippen molar-refractivity contribution in [3.05, 3.63) is 47.8 Å². The largest absolute Gasteiger partial charge is 0.497 e. The van der Waals surface area contributed by atoms with E-state index in [1.165, 1.54) is 12.4 Å². The third-order valence-electron chi connectivity index (χ3n) is 3.53. The van der Waals surface area contributed by atoms with Gasteiger partial charge in [-0.15, -0.1) is 0 Å². The molecule has 2 rings (SSSR count). The van der Waals surface area contributed by atoms with E-state index in [1.807, 2.05) is 24.3 Å². The maximum absolute atomic E-state index is 12.1. The maximum Gasteiger partial charge on any atom is 0.254 e. The second-order valence-electron chi connectivity index (χ2n) is 5.94. The highest BCUT2D eigenvalue weighted by molar-refractivity contribution is 5.93. The Kier molecular flexibility index (Phi) is 6.54. The van der Waals surface area contributed by atoms with Crippen molar-refractivity contribution in [3.8, 4) is 5.75 Å². The molecule has 24 heavy (non-hydrogen) atoms. The Morgan fingerprint density at radius 2 is 1.83 bits per heavy atom. The molecular formula is C18H24N4O2. The fourth-order valence-corrected chi connectivity index (χ4v) is 2.04. The van der Waals surface area contributed by atoms with Crippen LogP contribution in [0.3, 0.4) is 0 Å². The maximum atomic E-state index is 12.1. The first-order valence-electron chi connectivity index (χ1n) is 8.05. The van der Waals surface area contributed by atoms with E-state index in [4.69, 9.17) is 4.74 Å². The van der Waals surface area contributed by atoms with Crippen molar-refractivity contribution in [2.24, 2.45) is 5.92 Å². The van der Waals surface area contributed by atoms with E-state index in [0.717, 1.165) is 24.3 Å². The standard InChI is InChI=1S/C18H24N4O2/c1-13(2)8-9-19-18-21-11-15(12-22-18)17(23)20-10-14-4-6-16(24-3)7-5-14/h4-7,11-13H,8-10H2,1-3H3,(H,20,23)(H,19,21,22). The van der Waals surface area contributed by atoms with Gasteiger partial charge in [0.25, 0.3) is 5.91 Å². The van der Waals surface area contributed by atoms with Gasteiger partial charge in [0.15, 0.2) is 0 Å². The van der Waals surface area contributed by atoms with Crippen LogP contribution < -0.4 is 15.4 Å². The monoisotopic (exact) mass is 328 g/mol. The third kappa shape index (κ3) is 5.53. The van der Waals surface area contributed by atoms with Gasteiger partial charge in [-0.25, -0.2) is 9.97 Å². The Morgan fingerprint density at radius 3 is 2.42 bits per heavy atom. The summed E-state index contributed by atoms with van der Waals surface area (Å²) in [5.41, 5.74) is 1.44. The van der Waals surface area contributed by atoms with E-state index in [0.29, 0.717) is 24.0 Å². The zero-order valence-electron chi connectivity index (χ0n) is 14.4. The average molecular weight is 328 g/mol. The van der Waals surface area contributed by atoms with Crippen molar-refractivity contribution in [3.63, 3.8) is 0 Å². The number of aromatic nitrogens is 2. The lowest BCUT2D eigenvalue weighted by Crippen LogP contribution is -2.23. The normalized spacial score (nSPS) is 10.5. The Morgan fingerprint density at radius 1 is 1.17 bits per heavy atom. The van der Waals surface area contributed by atoms with Crippen LogP contribution in [0, 0.1) is 5.92 Å². The summed E-state index contributed by atoms with van der Waals surface area (Å²) in [5, 5.41) is 6.00. The zero-order chi connectivity index (χ0) is 17.4. The smallest absolute Gasteiger partial charge is 0.254 e. The van der Waals surface area contributed by atoms with E-state index < -0.39 is 0 Å². The van der Waals surface area contributed by atoms with Crippen molar-refractivity contribution in [1.82, 2.24) is 15.3 Å². The number of rotatable bonds is 8. The quantitative estimate of drug-likeness (QED) is 0.779. The number of hydrogen-bond acceptors (Lipinski definition) is 5. The summed E-state index contributed by atoms with van der Waals surface area (Å²) in [6, 6.07) is 7.55. The Hall–Kier alpha value is -2.63. The van der Waals surface area contributed by atoms with Gasteiger partial charge in [0.1, 0.15) is 5.75 Å². The van der Waals surface area contributed by atoms with Crippen LogP contribution in [-0.4, -0.2) is 29.5 Å². The number of ether oxygens (including phenoxy) is 1. The van der Waals surface area contributed by atoms with Gasteiger partial charge in [-0.3, -0.25) is 4.79 Å². The molecule has 0 saturated heterocycles. The minimum atomic E-state index is -0.195. The van der Waals surface area contributed by atoms with Gasteiger partial charge in [-0.1, -0.05) is 26.0 Å². The van der Waals surface area contributed by atoms with Gasteiger partial charge in [0, 0.05) is 25.5 Å². The number of hydrogen-bond donors (Lipinski definition) is 2. The topological polar surface area (TPSA) is 76.1 Å². The molecule has 0 aliphatic rings. The number of methoxy groups -OCH3 is 1. The predicted octanol–water partition coefficient (Wildman–Crippen LogP) is 2.87. The van der Waals surface area contributed by atoms with Crippen LogP contribution >= 0.6 is 0 Å². The number of amides is 1. The van der Waals surface area contributed by atoms with E-state index in [2.05, 4.69) is 34.4 Å². The minimum Gasteiger partial charge on any atom is -0.497 e. The van der Waals surface area contributed by atoms with Crippen LogP contribution in [0.2, 0.25) is 0 Å². The summed E-state index contributed by atoms with van der Waals surface area (Å²) in [7, 11) is 1.62. The summed E-state index contributed by atoms with van der Waals surface area (Å²) in [5.74, 6) is 1.77. The van der Waals surface area contributed by atoms with Gasteiger partial charge >= 0.3 is 0 Å². The molecular weight excluding hydrogens is 304 g/mol. The number of carbonyl (C=O) groups excluding carboxylic acids is 1. The van der Waals surface area contributed by atoms with Gasteiger partial charge in [-0.2, -0.15) is 0 Å². The number of anilines is 1. The first-order chi connectivity index (χ1) is 11.6. The molecule has 0 fully saturated rings. The van der Waals surface area contributed by atoms with Crippen LogP contribution in [0.25, 0.3) is 0 Å². The van der Waals surface area contributed by atoms with E-state index in [1.54, 1.807) is 7.11 Å². The molecule has 0 atom stereocenters. The van der Waals surface area contributed by atoms with Crippen LogP contribution in [-0.2, 0) is 6.54 Å². The number of nitrogens with one attached hydrogen (secondary N) is 2. The van der Waals surface area contributed by atoms with Crippen LogP contribution in [0.4, 0.5) is 5.95 Å². The highest BCUT2D eigenvalue weighted by Gasteiger charge is 2.07. The SMILES string of the molecule is COc1ccc(CNC(=O)c2cnc(NCCC(C)C)nc2)cc1. The molecule has 2 N–H and O–H groups in total. The molecule has 1 amide bonds. The van der Waals surface area contributed by atoms with E-state index >= 15 is 0 Å². The molecule has 1 aromatic carbocycles. The second kappa shape index (κ2) is 8.86. The van der Waals surface area contributed by atoms with Crippen LogP contribution in [0.15, 0.2) is 36.7 Å². The van der Waals surface area contributed by atoms with Gasteiger partial charge in [0.05, 0.1) is 12.7 Å². The van der Waals surface area contributed by atoms with Crippen molar-refractivity contribution in [1.29, 1.82) is 0 Å². The zero-order valence-corrected chi connectivity index (χ0v) is 14.4. The molecule has 0 saturated carbocycles. The second-order valence-corrected chi connectivity index (χ2v) is 5.94. The Bertz CT molecular complexity index is 639. The fourth-order valence-electron chi connectivity index (χ4n) is 2.04. The summed E-state index contributed by atoms with van der Waals surface area (Å²) in [6.45, 7) is 5.59. The molecule has 1 heterocycles. The van der Waals surface area contributed by atoms with Gasteiger partial charge in [0.2, 0.25) is 5.95 Å². The molecule has 0 unspecified atom stereocenters. The van der Waals surface area contributed by atoms with Crippen molar-refractivity contribution in [2.75, 3.05) is 19.0 Å². The molecule has 0 bridgehead atoms. The minimum absolute atomic E-state index is 0.195. The first-order valence-corrected chi connectivity index (χ1v) is 8.05. The molecule has 0 aliphatic heterocycles. The molecule has 6 heteroatoms. The highest BCUT2D eigenvalue weighted by atomic mass is 16.5. The Balaban J connectivity index is 1.83. The highest BCUT2D eigenvalue weighted by Crippen LogP contribution is 2.11. The summed E-state index contributed by atoms with van der Waals surface area (Å²) in [6.07, 6.45) is 4.12. The summed E-state index contributed by atoms with van der Waals surface area (Å²) >= 11 is 0. The number of benzene rings is 1. The molecule has 128 valence electrons. The van der Waals surface area contributed by atoms with Crippen molar-refractivity contribution >= 4 is 11.9 Å². The lowest BCUT2D eigenvalue weighted by Gasteiger charge is -2.08. The molecule has 2 aromatic rings. The molecule has 6 nitrogen and oxygen atoms in total. The fraction of sp³-hybridized carbons (Fsp3) is 0.389. The molecule has 0 radical (unpaired) electrons. The van der Waals surface area contributed by atoms with Crippen molar-refractivity contribution < 1.29 is 9.53 Å². The Labute approximate surface area is 142 Å². The number of nitrogens with zero attached hydrogens (tertiary/aromatic N) is 2. The predicted molar refractivity (Wildman–Crippen MR) is 94.1 cm³/mol. The number of carbonyl (C=O) groups is 1. The lowest BCUT2D eigenvalue weighted by atomic mass is 10.1. The van der Waals surface area contributed by atoms with Crippen molar-refractivity contribution in [2.45, 2.75) is 26.8 Å². The average Bonchev–Trinajstić information content (AvgIpc) is 2.60.